The lowest BCUT2D eigenvalue weighted by Gasteiger charge is -2.40. The second-order valence-corrected chi connectivity index (χ2v) is 6.89. The summed E-state index contributed by atoms with van der Waals surface area (Å²) in [6, 6.07) is 6.73. The van der Waals surface area contributed by atoms with Gasteiger partial charge in [0.15, 0.2) is 0 Å². The molecular formula is C17H21N3. The highest BCUT2D eigenvalue weighted by molar-refractivity contribution is 5.93. The van der Waals surface area contributed by atoms with E-state index < -0.39 is 0 Å². The van der Waals surface area contributed by atoms with E-state index in [1.54, 1.807) is 5.56 Å². The highest BCUT2D eigenvalue weighted by atomic mass is 15.2. The number of nitrogens with zero attached hydrogens (tertiary/aromatic N) is 1. The molecule has 4 heterocycles. The minimum Gasteiger partial charge on any atom is -0.358 e. The number of para-hydroxylation sites is 1. The maximum Gasteiger partial charge on any atom is 0.110 e. The number of benzene rings is 1. The van der Waals surface area contributed by atoms with Crippen molar-refractivity contribution >= 4 is 16.7 Å². The number of anilines is 1. The van der Waals surface area contributed by atoms with Crippen LogP contribution in [-0.2, 0) is 5.54 Å². The van der Waals surface area contributed by atoms with Gasteiger partial charge < -0.3 is 15.6 Å². The number of nitrogens with two attached hydrogens (primary N) is 1. The molecule has 20 heavy (non-hydrogen) atoms. The molecule has 1 saturated carbocycles. The molecular weight excluding hydrogens is 246 g/mol. The van der Waals surface area contributed by atoms with Gasteiger partial charge in [0.05, 0.1) is 5.52 Å². The van der Waals surface area contributed by atoms with E-state index in [1.165, 1.54) is 54.6 Å². The maximum absolute atomic E-state index is 6.60. The zero-order chi connectivity index (χ0) is 13.3. The van der Waals surface area contributed by atoms with Crippen molar-refractivity contribution in [2.75, 3.05) is 18.0 Å². The molecule has 0 radical (unpaired) electrons. The smallest absolute Gasteiger partial charge is 0.110 e. The first kappa shape index (κ1) is 11.2. The monoisotopic (exact) mass is 267 g/mol. The predicted molar refractivity (Wildman–Crippen MR) is 82.2 cm³/mol. The summed E-state index contributed by atoms with van der Waals surface area (Å²) in [5.74, 6) is 2.15. The summed E-state index contributed by atoms with van der Waals surface area (Å²) in [7, 11) is 0. The molecule has 2 bridgehead atoms. The largest absolute Gasteiger partial charge is 0.358 e. The Kier molecular flexibility index (Phi) is 2.01. The van der Waals surface area contributed by atoms with E-state index in [2.05, 4.69) is 28.1 Å². The Morgan fingerprint density at radius 3 is 2.70 bits per heavy atom. The third kappa shape index (κ3) is 1.25. The van der Waals surface area contributed by atoms with Crippen LogP contribution in [0.15, 0.2) is 18.2 Å². The predicted octanol–water partition coefficient (Wildman–Crippen LogP) is 3.20. The Hall–Kier alpha value is -1.48. The normalized spacial score (nSPS) is 23.9. The number of fused-ring (bicyclic) bond motifs is 3. The number of aromatic nitrogens is 1. The van der Waals surface area contributed by atoms with Crippen LogP contribution in [0.2, 0.25) is 0 Å². The van der Waals surface area contributed by atoms with E-state index in [9.17, 15) is 0 Å². The van der Waals surface area contributed by atoms with E-state index in [1.807, 2.05) is 0 Å². The van der Waals surface area contributed by atoms with Crippen LogP contribution in [0.4, 0.5) is 5.82 Å². The van der Waals surface area contributed by atoms with Gasteiger partial charge in [-0.1, -0.05) is 18.2 Å². The summed E-state index contributed by atoms with van der Waals surface area (Å²) in [4.78, 5) is 6.27. The second-order valence-electron chi connectivity index (χ2n) is 6.89. The van der Waals surface area contributed by atoms with Gasteiger partial charge in [0.25, 0.3) is 0 Å². The summed E-state index contributed by atoms with van der Waals surface area (Å²) in [5, 5.41) is 1.43. The van der Waals surface area contributed by atoms with Crippen LogP contribution < -0.4 is 10.6 Å². The highest BCUT2D eigenvalue weighted by Gasteiger charge is 2.39. The summed E-state index contributed by atoms with van der Waals surface area (Å²) < 4.78 is 0. The van der Waals surface area contributed by atoms with Gasteiger partial charge in [-0.3, -0.25) is 0 Å². The van der Waals surface area contributed by atoms with Crippen molar-refractivity contribution in [3.8, 4) is 0 Å². The molecule has 104 valence electrons. The number of aromatic amines is 1. The van der Waals surface area contributed by atoms with Crippen molar-refractivity contribution in [2.24, 2.45) is 5.73 Å². The molecule has 0 unspecified atom stereocenters. The molecule has 2 aromatic rings. The molecule has 0 atom stereocenters. The van der Waals surface area contributed by atoms with Crippen LogP contribution in [0.3, 0.4) is 0 Å². The summed E-state index contributed by atoms with van der Waals surface area (Å²) >= 11 is 0. The minimum absolute atomic E-state index is 0.0820. The van der Waals surface area contributed by atoms with Crippen LogP contribution in [0.5, 0.6) is 0 Å². The first-order chi connectivity index (χ1) is 9.76. The quantitative estimate of drug-likeness (QED) is 0.833. The molecule has 1 aromatic heterocycles. The Balaban J connectivity index is 1.80. The van der Waals surface area contributed by atoms with Gasteiger partial charge in [-0.25, -0.2) is 0 Å². The molecule has 4 aliphatic rings. The average Bonchev–Trinajstić information content (AvgIpc) is 2.87. The molecule has 0 amide bonds. The van der Waals surface area contributed by atoms with Gasteiger partial charge in [0.2, 0.25) is 0 Å². The van der Waals surface area contributed by atoms with E-state index in [4.69, 9.17) is 5.73 Å². The van der Waals surface area contributed by atoms with Crippen molar-refractivity contribution in [3.05, 3.63) is 29.3 Å². The standard InChI is InChI=1S/C17H21N3/c18-17(7-2-8-17)13-4-1-3-12-14-11-5-9-20(10-6-11)16(14)19-15(12)13/h1,3-4,11,19H,2,5-10,18H2. The average molecular weight is 267 g/mol. The Labute approximate surface area is 119 Å². The van der Waals surface area contributed by atoms with Crippen molar-refractivity contribution in [1.29, 1.82) is 0 Å². The second kappa shape index (κ2) is 3.59. The van der Waals surface area contributed by atoms with Crippen LogP contribution in [0.25, 0.3) is 10.9 Å². The highest BCUT2D eigenvalue weighted by Crippen LogP contribution is 2.48. The summed E-state index contributed by atoms with van der Waals surface area (Å²) in [5.41, 5.74) is 10.8. The van der Waals surface area contributed by atoms with Crippen molar-refractivity contribution in [3.63, 3.8) is 0 Å². The van der Waals surface area contributed by atoms with E-state index in [0.717, 1.165) is 18.8 Å². The Morgan fingerprint density at radius 1 is 1.20 bits per heavy atom. The lowest BCUT2D eigenvalue weighted by atomic mass is 9.72. The SMILES string of the molecule is NC1(c2cccc3c4c([nH]c23)N2CCC4CC2)CCC1. The van der Waals surface area contributed by atoms with Gasteiger partial charge in [-0.2, -0.15) is 0 Å². The first-order valence-corrected chi connectivity index (χ1v) is 7.95. The number of rotatable bonds is 1. The zero-order valence-corrected chi connectivity index (χ0v) is 11.8. The molecule has 3 nitrogen and oxygen atoms in total. The molecule has 2 fully saturated rings. The summed E-state index contributed by atoms with van der Waals surface area (Å²) in [6.07, 6.45) is 6.16. The van der Waals surface area contributed by atoms with Crippen LogP contribution in [0, 0.1) is 0 Å². The van der Waals surface area contributed by atoms with Crippen molar-refractivity contribution in [1.82, 2.24) is 4.98 Å². The van der Waals surface area contributed by atoms with Gasteiger partial charge in [-0.15, -0.1) is 0 Å². The molecule has 6 rings (SSSR count). The number of hydrogen-bond acceptors (Lipinski definition) is 2. The molecule has 3 aliphatic heterocycles. The Morgan fingerprint density at radius 2 is 2.00 bits per heavy atom. The number of nitrogens with one attached hydrogen (secondary N) is 1. The molecule has 1 aromatic carbocycles. The fourth-order valence-electron chi connectivity index (χ4n) is 4.52. The minimum atomic E-state index is -0.0820. The number of piperidine rings is 1. The van der Waals surface area contributed by atoms with Gasteiger partial charge in [0, 0.05) is 29.6 Å². The molecule has 1 saturated heterocycles. The van der Waals surface area contributed by atoms with E-state index in [0.29, 0.717) is 0 Å². The molecule has 3 N–H and O–H groups in total. The van der Waals surface area contributed by atoms with E-state index >= 15 is 0 Å². The lowest BCUT2D eigenvalue weighted by molar-refractivity contribution is 0.255. The number of H-pyrrole nitrogens is 1. The van der Waals surface area contributed by atoms with Gasteiger partial charge >= 0.3 is 0 Å². The third-order valence-electron chi connectivity index (χ3n) is 5.85. The van der Waals surface area contributed by atoms with Crippen LogP contribution >= 0.6 is 0 Å². The molecule has 1 aliphatic carbocycles. The third-order valence-corrected chi connectivity index (χ3v) is 5.85. The van der Waals surface area contributed by atoms with Crippen molar-refractivity contribution < 1.29 is 0 Å². The maximum atomic E-state index is 6.60. The van der Waals surface area contributed by atoms with Gasteiger partial charge in [0.1, 0.15) is 5.82 Å². The fourth-order valence-corrected chi connectivity index (χ4v) is 4.52. The number of hydrogen-bond donors (Lipinski definition) is 2. The lowest BCUT2D eigenvalue weighted by Crippen LogP contribution is -2.43. The molecule has 0 spiro atoms. The first-order valence-electron chi connectivity index (χ1n) is 7.95. The van der Waals surface area contributed by atoms with Crippen LogP contribution in [-0.4, -0.2) is 18.1 Å². The van der Waals surface area contributed by atoms with Crippen molar-refractivity contribution in [2.45, 2.75) is 43.6 Å². The van der Waals surface area contributed by atoms with E-state index in [-0.39, 0.29) is 5.54 Å². The fraction of sp³-hybridized carbons (Fsp3) is 0.529. The Bertz CT molecular complexity index is 688. The zero-order valence-electron chi connectivity index (χ0n) is 11.8. The topological polar surface area (TPSA) is 45.1 Å². The van der Waals surface area contributed by atoms with Gasteiger partial charge in [-0.05, 0) is 43.6 Å². The molecule has 3 heteroatoms. The van der Waals surface area contributed by atoms with Crippen LogP contribution in [0.1, 0.15) is 49.1 Å². The summed E-state index contributed by atoms with van der Waals surface area (Å²) in [6.45, 7) is 2.43.